The number of carbonyl (C=O) groups is 1. The van der Waals surface area contributed by atoms with Crippen molar-refractivity contribution in [3.05, 3.63) is 21.3 Å². The van der Waals surface area contributed by atoms with Crippen molar-refractivity contribution in [3.8, 4) is 11.5 Å². The third-order valence-corrected chi connectivity index (χ3v) is 4.32. The number of aromatic hydroxyl groups is 1. The van der Waals surface area contributed by atoms with Crippen molar-refractivity contribution in [2.75, 3.05) is 7.11 Å². The summed E-state index contributed by atoms with van der Waals surface area (Å²) in [5.74, 6) is 0.425. The van der Waals surface area contributed by atoms with E-state index in [1.54, 1.807) is 13.0 Å². The molecule has 0 heterocycles. The Morgan fingerprint density at radius 2 is 2.05 bits per heavy atom. The van der Waals surface area contributed by atoms with E-state index < -0.39 is 11.5 Å². The molecule has 20 heavy (non-hydrogen) atoms. The number of methoxy groups -OCH3 is 1. The van der Waals surface area contributed by atoms with Crippen molar-refractivity contribution < 1.29 is 19.4 Å². The summed E-state index contributed by atoms with van der Waals surface area (Å²) in [6.07, 6.45) is 0.278. The number of hydrogen-bond acceptors (Lipinski definition) is 4. The van der Waals surface area contributed by atoms with Crippen LogP contribution >= 0.6 is 22.6 Å². The first kappa shape index (κ1) is 17.1. The fraction of sp³-hybridized carbons (Fsp3) is 0.533. The van der Waals surface area contributed by atoms with Crippen molar-refractivity contribution >= 4 is 28.6 Å². The van der Waals surface area contributed by atoms with Gasteiger partial charge in [0.25, 0.3) is 0 Å². The van der Waals surface area contributed by atoms with Crippen LogP contribution in [-0.2, 0) is 9.53 Å². The number of phenolic OH excluding ortho intramolecular Hbond substituents is 1. The Hall–Kier alpha value is -0.980. The van der Waals surface area contributed by atoms with E-state index in [0.717, 1.165) is 5.56 Å². The first-order valence-corrected chi connectivity index (χ1v) is 7.58. The average molecular weight is 392 g/mol. The number of benzene rings is 1. The van der Waals surface area contributed by atoms with Gasteiger partial charge in [-0.1, -0.05) is 6.92 Å². The molecule has 0 aliphatic rings. The molecule has 0 fully saturated rings. The normalized spacial score (nSPS) is 12.9. The minimum Gasteiger partial charge on any atom is -0.507 e. The van der Waals surface area contributed by atoms with Crippen molar-refractivity contribution in [1.29, 1.82) is 0 Å². The Labute approximate surface area is 133 Å². The maximum atomic E-state index is 12.1. The Kier molecular flexibility index (Phi) is 5.68. The van der Waals surface area contributed by atoms with Gasteiger partial charge in [-0.3, -0.25) is 4.79 Å². The van der Waals surface area contributed by atoms with Gasteiger partial charge in [0, 0.05) is 11.6 Å². The molecule has 0 aromatic heterocycles. The SMILES string of the molecule is CCC(C)(C)C(=O)OC(C)c1cc(I)c(O)cc1OC. The van der Waals surface area contributed by atoms with Crippen LogP contribution in [0.5, 0.6) is 11.5 Å². The third-order valence-electron chi connectivity index (χ3n) is 3.46. The number of carbonyl (C=O) groups excluding carboxylic acids is 1. The first-order chi connectivity index (χ1) is 9.22. The predicted molar refractivity (Wildman–Crippen MR) is 86.0 cm³/mol. The minimum atomic E-state index is -0.508. The summed E-state index contributed by atoms with van der Waals surface area (Å²) in [6.45, 7) is 7.48. The van der Waals surface area contributed by atoms with Gasteiger partial charge < -0.3 is 14.6 Å². The molecular weight excluding hydrogens is 371 g/mol. The van der Waals surface area contributed by atoms with Crippen LogP contribution in [0.4, 0.5) is 0 Å². The van der Waals surface area contributed by atoms with E-state index in [1.807, 2.05) is 43.4 Å². The van der Waals surface area contributed by atoms with Gasteiger partial charge in [-0.15, -0.1) is 0 Å². The van der Waals surface area contributed by atoms with Crippen LogP contribution in [0.2, 0.25) is 0 Å². The fourth-order valence-corrected chi connectivity index (χ4v) is 2.07. The molecule has 1 aromatic rings. The molecule has 1 unspecified atom stereocenters. The van der Waals surface area contributed by atoms with Crippen LogP contribution in [0, 0.1) is 8.99 Å². The lowest BCUT2D eigenvalue weighted by atomic mass is 9.90. The van der Waals surface area contributed by atoms with E-state index in [-0.39, 0.29) is 11.7 Å². The number of hydrogen-bond donors (Lipinski definition) is 1. The van der Waals surface area contributed by atoms with Gasteiger partial charge in [0.2, 0.25) is 0 Å². The molecule has 0 spiro atoms. The summed E-state index contributed by atoms with van der Waals surface area (Å²) in [5.41, 5.74) is 0.237. The lowest BCUT2D eigenvalue weighted by molar-refractivity contribution is -0.159. The van der Waals surface area contributed by atoms with Crippen LogP contribution < -0.4 is 4.74 Å². The van der Waals surface area contributed by atoms with E-state index >= 15 is 0 Å². The van der Waals surface area contributed by atoms with Crippen LogP contribution in [0.25, 0.3) is 0 Å². The van der Waals surface area contributed by atoms with Crippen LogP contribution in [0.3, 0.4) is 0 Å². The van der Waals surface area contributed by atoms with Crippen molar-refractivity contribution in [2.45, 2.75) is 40.2 Å². The molecule has 1 rings (SSSR count). The summed E-state index contributed by atoms with van der Waals surface area (Å²) in [5, 5.41) is 9.69. The molecule has 1 atom stereocenters. The lowest BCUT2D eigenvalue weighted by Gasteiger charge is -2.24. The Balaban J connectivity index is 3.01. The molecule has 0 saturated carbocycles. The fourth-order valence-electron chi connectivity index (χ4n) is 1.58. The molecule has 5 heteroatoms. The van der Waals surface area contributed by atoms with Crippen molar-refractivity contribution in [1.82, 2.24) is 0 Å². The highest BCUT2D eigenvalue weighted by atomic mass is 127. The van der Waals surface area contributed by atoms with Gasteiger partial charge in [0.05, 0.1) is 16.1 Å². The van der Waals surface area contributed by atoms with Gasteiger partial charge in [0.1, 0.15) is 17.6 Å². The Morgan fingerprint density at radius 3 is 2.55 bits per heavy atom. The standard InChI is InChI=1S/C15H21IO4/c1-6-15(3,4)14(18)20-9(2)10-7-11(16)12(17)8-13(10)19-5/h7-9,17H,6H2,1-5H3. The summed E-state index contributed by atoms with van der Waals surface area (Å²) in [6, 6.07) is 3.30. The Bertz CT molecular complexity index is 497. The van der Waals surface area contributed by atoms with Gasteiger partial charge >= 0.3 is 5.97 Å². The predicted octanol–water partition coefficient (Wildman–Crippen LogP) is 4.05. The molecule has 0 radical (unpaired) electrons. The zero-order valence-corrected chi connectivity index (χ0v) is 14.6. The molecule has 0 saturated heterocycles. The summed E-state index contributed by atoms with van der Waals surface area (Å²) in [7, 11) is 1.52. The van der Waals surface area contributed by atoms with Crippen LogP contribution in [-0.4, -0.2) is 18.2 Å². The topological polar surface area (TPSA) is 55.8 Å². The monoisotopic (exact) mass is 392 g/mol. The maximum Gasteiger partial charge on any atom is 0.312 e. The van der Waals surface area contributed by atoms with Crippen LogP contribution in [0.15, 0.2) is 12.1 Å². The highest BCUT2D eigenvalue weighted by Gasteiger charge is 2.29. The van der Waals surface area contributed by atoms with Crippen LogP contribution in [0.1, 0.15) is 45.8 Å². The largest absolute Gasteiger partial charge is 0.507 e. The smallest absolute Gasteiger partial charge is 0.312 e. The molecule has 112 valence electrons. The minimum absolute atomic E-state index is 0.151. The highest BCUT2D eigenvalue weighted by Crippen LogP contribution is 2.35. The molecule has 0 amide bonds. The van der Waals surface area contributed by atoms with Gasteiger partial charge in [-0.25, -0.2) is 0 Å². The van der Waals surface area contributed by atoms with Gasteiger partial charge in [-0.2, -0.15) is 0 Å². The van der Waals surface area contributed by atoms with E-state index in [0.29, 0.717) is 15.7 Å². The third kappa shape index (κ3) is 3.77. The summed E-state index contributed by atoms with van der Waals surface area (Å²) in [4.78, 5) is 12.1. The molecule has 1 N–H and O–H groups in total. The second-order valence-electron chi connectivity index (χ2n) is 5.33. The second-order valence-corrected chi connectivity index (χ2v) is 6.49. The zero-order valence-electron chi connectivity index (χ0n) is 12.5. The molecule has 4 nitrogen and oxygen atoms in total. The van der Waals surface area contributed by atoms with Crippen molar-refractivity contribution in [3.63, 3.8) is 0 Å². The second kappa shape index (κ2) is 6.65. The number of esters is 1. The molecule has 0 aliphatic carbocycles. The summed E-state index contributed by atoms with van der Waals surface area (Å²) < 4.78 is 11.5. The molecule has 1 aromatic carbocycles. The quantitative estimate of drug-likeness (QED) is 0.607. The Morgan fingerprint density at radius 1 is 1.45 bits per heavy atom. The maximum absolute atomic E-state index is 12.1. The number of rotatable bonds is 5. The van der Waals surface area contributed by atoms with Gasteiger partial charge in [-0.05, 0) is 55.8 Å². The van der Waals surface area contributed by atoms with Gasteiger partial charge in [0.15, 0.2) is 0 Å². The van der Waals surface area contributed by atoms with E-state index in [9.17, 15) is 9.90 Å². The van der Waals surface area contributed by atoms with E-state index in [2.05, 4.69) is 0 Å². The number of phenols is 1. The molecule has 0 aliphatic heterocycles. The summed E-state index contributed by atoms with van der Waals surface area (Å²) >= 11 is 2.03. The average Bonchev–Trinajstić information content (AvgIpc) is 2.40. The van der Waals surface area contributed by atoms with E-state index in [4.69, 9.17) is 9.47 Å². The molecular formula is C15H21IO4. The lowest BCUT2D eigenvalue weighted by Crippen LogP contribution is -2.26. The zero-order chi connectivity index (χ0) is 15.5. The number of ether oxygens (including phenoxy) is 2. The van der Waals surface area contributed by atoms with Crippen molar-refractivity contribution in [2.24, 2.45) is 5.41 Å². The first-order valence-electron chi connectivity index (χ1n) is 6.50. The van der Waals surface area contributed by atoms with E-state index in [1.165, 1.54) is 13.2 Å². The molecule has 0 bridgehead atoms. The number of halogens is 1. The highest BCUT2D eigenvalue weighted by molar-refractivity contribution is 14.1.